The zero-order chi connectivity index (χ0) is 24.2. The molecule has 3 aromatic carbocycles. The highest BCUT2D eigenvalue weighted by atomic mass is 35.5. The Bertz CT molecular complexity index is 1240. The van der Waals surface area contributed by atoms with Crippen LogP contribution in [0.15, 0.2) is 60.7 Å². The Morgan fingerprint density at radius 1 is 1.06 bits per heavy atom. The van der Waals surface area contributed by atoms with Gasteiger partial charge in [0.15, 0.2) is 6.61 Å². The number of halogens is 3. The molecule has 9 heteroatoms. The molecule has 0 saturated carbocycles. The smallest absolute Gasteiger partial charge is 0.410 e. The predicted molar refractivity (Wildman–Crippen MR) is 120 cm³/mol. The van der Waals surface area contributed by atoms with Gasteiger partial charge in [0.25, 0.3) is 0 Å². The lowest BCUT2D eigenvalue weighted by atomic mass is 9.88. The summed E-state index contributed by atoms with van der Waals surface area (Å²) in [6, 6.07) is 14.4. The molecule has 1 N–H and O–H groups in total. The first-order valence-electron chi connectivity index (χ1n) is 10.4. The molecule has 176 valence electrons. The van der Waals surface area contributed by atoms with Crippen LogP contribution in [0.2, 0.25) is 5.02 Å². The Hall–Kier alpha value is -3.65. The number of amides is 1. The first-order chi connectivity index (χ1) is 16.3. The van der Waals surface area contributed by atoms with E-state index in [4.69, 9.17) is 26.2 Å². The molecule has 1 aliphatic rings. The third-order valence-corrected chi connectivity index (χ3v) is 5.73. The van der Waals surface area contributed by atoms with Crippen LogP contribution in [0.4, 0.5) is 13.6 Å². The minimum atomic E-state index is -1.15. The van der Waals surface area contributed by atoms with Crippen LogP contribution in [0.1, 0.15) is 28.3 Å². The van der Waals surface area contributed by atoms with Gasteiger partial charge in [-0.05, 0) is 53.9 Å². The Balaban J connectivity index is 1.69. The van der Waals surface area contributed by atoms with Crippen molar-refractivity contribution in [3.05, 3.63) is 99.6 Å². The summed E-state index contributed by atoms with van der Waals surface area (Å²) in [4.78, 5) is 25.7. The summed E-state index contributed by atoms with van der Waals surface area (Å²) in [6.45, 7) is -0.755. The number of benzene rings is 3. The minimum Gasteiger partial charge on any atom is -0.482 e. The van der Waals surface area contributed by atoms with Gasteiger partial charge in [-0.25, -0.2) is 18.4 Å². The van der Waals surface area contributed by atoms with E-state index in [-0.39, 0.29) is 17.9 Å². The third-order valence-electron chi connectivity index (χ3n) is 5.49. The van der Waals surface area contributed by atoms with Crippen molar-refractivity contribution in [3.8, 4) is 5.75 Å². The fourth-order valence-corrected chi connectivity index (χ4v) is 4.16. The van der Waals surface area contributed by atoms with E-state index in [1.54, 1.807) is 18.2 Å². The number of aliphatic carboxylic acids is 1. The van der Waals surface area contributed by atoms with Gasteiger partial charge in [-0.2, -0.15) is 0 Å². The molecule has 0 bridgehead atoms. The molecule has 1 aliphatic heterocycles. The highest BCUT2D eigenvalue weighted by Crippen LogP contribution is 2.40. The van der Waals surface area contributed by atoms with Crippen LogP contribution < -0.4 is 4.74 Å². The topological polar surface area (TPSA) is 76.1 Å². The van der Waals surface area contributed by atoms with E-state index in [9.17, 15) is 18.4 Å². The summed E-state index contributed by atoms with van der Waals surface area (Å²) < 4.78 is 38.3. The first-order valence-corrected chi connectivity index (χ1v) is 10.8. The van der Waals surface area contributed by atoms with Crippen molar-refractivity contribution >= 4 is 23.7 Å². The van der Waals surface area contributed by atoms with Crippen LogP contribution in [0.5, 0.6) is 5.75 Å². The van der Waals surface area contributed by atoms with Gasteiger partial charge < -0.3 is 14.6 Å². The molecule has 4 rings (SSSR count). The van der Waals surface area contributed by atoms with Crippen molar-refractivity contribution in [2.45, 2.75) is 19.1 Å². The number of rotatable bonds is 6. The van der Waals surface area contributed by atoms with Crippen molar-refractivity contribution in [1.29, 1.82) is 0 Å². The highest BCUT2D eigenvalue weighted by molar-refractivity contribution is 6.30. The van der Waals surface area contributed by atoms with E-state index in [1.165, 1.54) is 4.90 Å². The number of nitrogens with zero attached hydrogens (tertiary/aromatic N) is 1. The Morgan fingerprint density at radius 2 is 1.85 bits per heavy atom. The average Bonchev–Trinajstić information content (AvgIpc) is 2.82. The Labute approximate surface area is 199 Å². The molecule has 0 aromatic heterocycles. The second-order valence-corrected chi connectivity index (χ2v) is 8.14. The maximum atomic E-state index is 14.0. The number of hydrogen-bond donors (Lipinski definition) is 1. The molecule has 0 saturated heterocycles. The number of carbonyl (C=O) groups excluding carboxylic acids is 1. The van der Waals surface area contributed by atoms with Gasteiger partial charge in [-0.1, -0.05) is 35.9 Å². The lowest BCUT2D eigenvalue weighted by molar-refractivity contribution is -0.139. The summed E-state index contributed by atoms with van der Waals surface area (Å²) >= 11 is 6.24. The highest BCUT2D eigenvalue weighted by Gasteiger charge is 2.35. The first kappa shape index (κ1) is 23.5. The van der Waals surface area contributed by atoms with Gasteiger partial charge in [-0.15, -0.1) is 0 Å². The number of ether oxygens (including phenoxy) is 2. The molecule has 0 fully saturated rings. The van der Waals surface area contributed by atoms with Crippen LogP contribution in [0.25, 0.3) is 0 Å². The van der Waals surface area contributed by atoms with Crippen LogP contribution in [-0.4, -0.2) is 35.2 Å². The molecular formula is C25H20ClF2NO5. The van der Waals surface area contributed by atoms with Gasteiger partial charge in [0, 0.05) is 22.7 Å². The van der Waals surface area contributed by atoms with Crippen LogP contribution in [0, 0.1) is 11.6 Å². The standard InChI is InChI=1S/C25H20ClF2NO5/c26-17-5-8-22(33-14-23(30)31)20(12-17)24-19-4-2-1-3-15(19)9-10-29(24)25(32)34-13-16-11-18(27)6-7-21(16)28/h1-8,11-12,24H,9-10,13-14H2,(H,30,31). The summed E-state index contributed by atoms with van der Waals surface area (Å²) in [5.41, 5.74) is 2.19. The molecule has 0 aliphatic carbocycles. The van der Waals surface area contributed by atoms with Crippen molar-refractivity contribution in [2.24, 2.45) is 0 Å². The molecular weight excluding hydrogens is 468 g/mol. The molecule has 34 heavy (non-hydrogen) atoms. The van der Waals surface area contributed by atoms with Crippen LogP contribution in [0.3, 0.4) is 0 Å². The lowest BCUT2D eigenvalue weighted by Gasteiger charge is -2.37. The van der Waals surface area contributed by atoms with Gasteiger partial charge in [0.1, 0.15) is 24.0 Å². The second kappa shape index (κ2) is 10.1. The summed E-state index contributed by atoms with van der Waals surface area (Å²) in [5, 5.41) is 9.43. The predicted octanol–water partition coefficient (Wildman–Crippen LogP) is 5.37. The van der Waals surface area contributed by atoms with E-state index in [0.29, 0.717) is 17.0 Å². The second-order valence-electron chi connectivity index (χ2n) is 7.70. The Morgan fingerprint density at radius 3 is 2.65 bits per heavy atom. The van der Waals surface area contributed by atoms with Gasteiger partial charge in [0.2, 0.25) is 0 Å². The van der Waals surface area contributed by atoms with Gasteiger partial charge >= 0.3 is 12.1 Å². The maximum Gasteiger partial charge on any atom is 0.410 e. The number of carboxylic acid groups (broad SMARTS) is 1. The minimum absolute atomic E-state index is 0.0875. The number of carboxylic acids is 1. The summed E-state index contributed by atoms with van der Waals surface area (Å²) in [7, 11) is 0. The lowest BCUT2D eigenvalue weighted by Crippen LogP contribution is -2.41. The average molecular weight is 488 g/mol. The zero-order valence-electron chi connectivity index (χ0n) is 17.8. The monoisotopic (exact) mass is 487 g/mol. The Kier molecular flexibility index (Phi) is 6.98. The SMILES string of the molecule is O=C(O)COc1ccc(Cl)cc1C1c2ccccc2CCN1C(=O)OCc1cc(F)ccc1F. The van der Waals surface area contributed by atoms with Gasteiger partial charge in [0.05, 0.1) is 6.04 Å². The fourth-order valence-electron chi connectivity index (χ4n) is 3.98. The third kappa shape index (κ3) is 5.12. The van der Waals surface area contributed by atoms with E-state index in [2.05, 4.69) is 0 Å². The molecule has 1 heterocycles. The number of hydrogen-bond acceptors (Lipinski definition) is 4. The quantitative estimate of drug-likeness (QED) is 0.506. The largest absolute Gasteiger partial charge is 0.482 e. The van der Waals surface area contributed by atoms with Crippen LogP contribution in [-0.2, 0) is 22.6 Å². The molecule has 1 amide bonds. The van der Waals surface area contributed by atoms with Crippen molar-refractivity contribution in [3.63, 3.8) is 0 Å². The maximum absolute atomic E-state index is 14.0. The number of fused-ring (bicyclic) bond motifs is 1. The van der Waals surface area contributed by atoms with Crippen LogP contribution >= 0.6 is 11.6 Å². The van der Waals surface area contributed by atoms with E-state index < -0.39 is 43.0 Å². The molecule has 0 radical (unpaired) electrons. The summed E-state index contributed by atoms with van der Waals surface area (Å²) in [6.07, 6.45) is -0.200. The van der Waals surface area contributed by atoms with E-state index in [1.807, 2.05) is 24.3 Å². The number of carbonyl (C=O) groups is 2. The van der Waals surface area contributed by atoms with Gasteiger partial charge in [-0.3, -0.25) is 4.90 Å². The van der Waals surface area contributed by atoms with E-state index >= 15 is 0 Å². The molecule has 0 spiro atoms. The van der Waals surface area contributed by atoms with Crippen molar-refractivity contribution in [2.75, 3.05) is 13.2 Å². The van der Waals surface area contributed by atoms with E-state index in [0.717, 1.165) is 29.3 Å². The summed E-state index contributed by atoms with van der Waals surface area (Å²) in [5.74, 6) is -2.23. The zero-order valence-corrected chi connectivity index (χ0v) is 18.6. The molecule has 6 nitrogen and oxygen atoms in total. The fraction of sp³-hybridized carbons (Fsp3) is 0.200. The van der Waals surface area contributed by atoms with Crippen molar-refractivity contribution in [1.82, 2.24) is 4.90 Å². The van der Waals surface area contributed by atoms with Crippen molar-refractivity contribution < 1.29 is 33.0 Å². The normalized spacial score (nSPS) is 14.9. The molecule has 3 aromatic rings. The molecule has 1 unspecified atom stereocenters. The molecule has 1 atom stereocenters.